The monoisotopic (exact) mass is 537 g/mol. The lowest BCUT2D eigenvalue weighted by atomic mass is 10.1. The molecule has 0 unspecified atom stereocenters. The smallest absolute Gasteiger partial charge is 0.326 e. The number of aromatic nitrogens is 2. The maximum atomic E-state index is 13.3. The van der Waals surface area contributed by atoms with Gasteiger partial charge in [-0.25, -0.2) is 9.78 Å². The molecule has 0 spiro atoms. The van der Waals surface area contributed by atoms with E-state index in [0.717, 1.165) is 37.4 Å². The fourth-order valence-electron chi connectivity index (χ4n) is 4.81. The number of nitrogens with one attached hydrogen (secondary N) is 2. The number of piperazine rings is 1. The zero-order valence-electron chi connectivity index (χ0n) is 22.6. The first-order valence-corrected chi connectivity index (χ1v) is 13.0. The molecule has 0 bridgehead atoms. The highest BCUT2D eigenvalue weighted by molar-refractivity contribution is 5.99. The Labute approximate surface area is 233 Å². The summed E-state index contributed by atoms with van der Waals surface area (Å²) in [4.78, 5) is 42.1. The van der Waals surface area contributed by atoms with Gasteiger partial charge in [-0.1, -0.05) is 6.58 Å². The van der Waals surface area contributed by atoms with Gasteiger partial charge >= 0.3 is 6.03 Å². The fourth-order valence-corrected chi connectivity index (χ4v) is 4.81. The van der Waals surface area contributed by atoms with Gasteiger partial charge in [-0.3, -0.25) is 9.69 Å². The van der Waals surface area contributed by atoms with Crippen molar-refractivity contribution < 1.29 is 9.59 Å². The summed E-state index contributed by atoms with van der Waals surface area (Å²) >= 11 is 0. The number of rotatable bonds is 7. The summed E-state index contributed by atoms with van der Waals surface area (Å²) < 4.78 is 0. The second-order valence-electron chi connectivity index (χ2n) is 9.88. The fraction of sp³-hybridized carbons (Fsp3) is 0.276. The lowest BCUT2D eigenvalue weighted by Crippen LogP contribution is -2.45. The van der Waals surface area contributed by atoms with Gasteiger partial charge in [0.15, 0.2) is 0 Å². The molecule has 0 radical (unpaired) electrons. The molecule has 3 heterocycles. The number of nitrogens with zero attached hydrogens (tertiary/aromatic N) is 7. The SMILES string of the molecule is C=CC(=O)Nc1ccc(C#N)cc1CN1Cc2cnc(Nc3ccc(N4CCN(C)CC4)cc3)nc2N(C)C1=O. The van der Waals surface area contributed by atoms with E-state index in [9.17, 15) is 14.9 Å². The van der Waals surface area contributed by atoms with Gasteiger partial charge in [-0.05, 0) is 61.2 Å². The van der Waals surface area contributed by atoms with Gasteiger partial charge in [-0.2, -0.15) is 10.2 Å². The summed E-state index contributed by atoms with van der Waals surface area (Å²) in [7, 11) is 3.81. The van der Waals surface area contributed by atoms with Crippen LogP contribution in [-0.4, -0.2) is 72.0 Å². The summed E-state index contributed by atoms with van der Waals surface area (Å²) in [6.45, 7) is 8.05. The molecule has 2 aromatic carbocycles. The van der Waals surface area contributed by atoms with Crippen molar-refractivity contribution in [1.29, 1.82) is 5.26 Å². The van der Waals surface area contributed by atoms with Gasteiger partial charge in [0.05, 0.1) is 18.2 Å². The van der Waals surface area contributed by atoms with Crippen molar-refractivity contribution in [3.63, 3.8) is 0 Å². The number of benzene rings is 2. The van der Waals surface area contributed by atoms with Crippen molar-refractivity contribution >= 4 is 40.8 Å². The van der Waals surface area contributed by atoms with E-state index in [1.807, 2.05) is 12.1 Å². The number of likely N-dealkylation sites (N-methyl/N-ethyl adjacent to an activating group) is 1. The van der Waals surface area contributed by atoms with Gasteiger partial charge in [0.1, 0.15) is 5.82 Å². The van der Waals surface area contributed by atoms with E-state index < -0.39 is 0 Å². The second kappa shape index (κ2) is 11.4. The third-order valence-corrected chi connectivity index (χ3v) is 7.11. The average molecular weight is 538 g/mol. The van der Waals surface area contributed by atoms with Crippen LogP contribution in [-0.2, 0) is 17.9 Å². The molecule has 0 saturated carbocycles. The lowest BCUT2D eigenvalue weighted by molar-refractivity contribution is -0.111. The number of anilines is 5. The molecule has 1 fully saturated rings. The third kappa shape index (κ3) is 5.72. The number of fused-ring (bicyclic) bond motifs is 1. The van der Waals surface area contributed by atoms with Crippen molar-refractivity contribution in [3.8, 4) is 6.07 Å². The molecule has 11 heteroatoms. The second-order valence-corrected chi connectivity index (χ2v) is 9.88. The Morgan fingerprint density at radius 3 is 2.58 bits per heavy atom. The number of carbonyl (C=O) groups is 2. The van der Waals surface area contributed by atoms with E-state index in [4.69, 9.17) is 0 Å². The van der Waals surface area contributed by atoms with Crippen LogP contribution in [0.25, 0.3) is 0 Å². The van der Waals surface area contributed by atoms with Crippen molar-refractivity contribution in [1.82, 2.24) is 19.8 Å². The molecule has 0 atom stereocenters. The highest BCUT2D eigenvalue weighted by Gasteiger charge is 2.30. The molecule has 2 aliphatic rings. The molecule has 3 amide bonds. The largest absolute Gasteiger partial charge is 0.369 e. The molecule has 11 nitrogen and oxygen atoms in total. The first-order valence-electron chi connectivity index (χ1n) is 13.0. The quantitative estimate of drug-likeness (QED) is 0.439. The number of urea groups is 1. The Kier molecular flexibility index (Phi) is 7.61. The molecule has 40 heavy (non-hydrogen) atoms. The van der Waals surface area contributed by atoms with Crippen LogP contribution in [0.15, 0.2) is 61.3 Å². The van der Waals surface area contributed by atoms with Crippen LogP contribution in [0.5, 0.6) is 0 Å². The molecule has 2 aliphatic heterocycles. The van der Waals surface area contributed by atoms with Gasteiger partial charge in [0.25, 0.3) is 0 Å². The molecule has 204 valence electrons. The van der Waals surface area contributed by atoms with E-state index in [2.05, 4.69) is 62.2 Å². The minimum atomic E-state index is -0.374. The standard InChI is InChI=1S/C29H31N9O2/c1-4-26(39)33-25-10-5-20(16-30)15-21(25)18-38-19-22-17-31-28(34-27(22)36(3)29(38)40)32-23-6-8-24(9-7-23)37-13-11-35(2)12-14-37/h4-10,15,17H,1,11-14,18-19H2,2-3H3,(H,33,39)(H,31,32,34). The average Bonchev–Trinajstić information content (AvgIpc) is 2.97. The predicted molar refractivity (Wildman–Crippen MR) is 154 cm³/mol. The highest BCUT2D eigenvalue weighted by atomic mass is 16.2. The van der Waals surface area contributed by atoms with Gasteiger partial charge in [-0.15, -0.1) is 0 Å². The summed E-state index contributed by atoms with van der Waals surface area (Å²) in [6, 6.07) is 15.0. The molecular weight excluding hydrogens is 506 g/mol. The van der Waals surface area contributed by atoms with Crippen LogP contribution in [0.3, 0.4) is 0 Å². The normalized spacial score (nSPS) is 15.3. The summed E-state index contributed by atoms with van der Waals surface area (Å²) in [5, 5.41) is 15.3. The van der Waals surface area contributed by atoms with E-state index in [1.54, 1.807) is 36.3 Å². The molecule has 0 aliphatic carbocycles. The topological polar surface area (TPSA) is 121 Å². The van der Waals surface area contributed by atoms with Crippen LogP contribution in [0.4, 0.5) is 33.6 Å². The minimum absolute atomic E-state index is 0.185. The van der Waals surface area contributed by atoms with E-state index in [-0.39, 0.29) is 25.0 Å². The first kappa shape index (κ1) is 26.6. The minimum Gasteiger partial charge on any atom is -0.369 e. The summed E-state index contributed by atoms with van der Waals surface area (Å²) in [5.41, 5.74) is 4.41. The first-order chi connectivity index (χ1) is 19.3. The van der Waals surface area contributed by atoms with Crippen molar-refractivity contribution in [2.45, 2.75) is 13.1 Å². The van der Waals surface area contributed by atoms with Crippen LogP contribution in [0, 0.1) is 11.3 Å². The maximum Gasteiger partial charge on any atom is 0.326 e. The number of carbonyl (C=O) groups excluding carboxylic acids is 2. The number of hydrogen-bond donors (Lipinski definition) is 2. The van der Waals surface area contributed by atoms with E-state index in [0.29, 0.717) is 28.6 Å². The lowest BCUT2D eigenvalue weighted by Gasteiger charge is -2.34. The molecular formula is C29H31N9O2. The Balaban J connectivity index is 1.30. The molecule has 1 saturated heterocycles. The predicted octanol–water partition coefficient (Wildman–Crippen LogP) is 3.54. The van der Waals surface area contributed by atoms with Crippen molar-refractivity contribution in [2.24, 2.45) is 0 Å². The Bertz CT molecular complexity index is 1470. The van der Waals surface area contributed by atoms with Crippen LogP contribution < -0.4 is 20.4 Å². The van der Waals surface area contributed by atoms with Crippen LogP contribution >= 0.6 is 0 Å². The maximum absolute atomic E-state index is 13.3. The molecule has 5 rings (SSSR count). The van der Waals surface area contributed by atoms with Crippen molar-refractivity contribution in [2.75, 3.05) is 60.7 Å². The number of nitriles is 1. The molecule has 1 aromatic heterocycles. The van der Waals surface area contributed by atoms with Crippen molar-refractivity contribution in [3.05, 3.63) is 78.0 Å². The Morgan fingerprint density at radius 1 is 1.12 bits per heavy atom. The summed E-state index contributed by atoms with van der Waals surface area (Å²) in [6.07, 6.45) is 2.88. The van der Waals surface area contributed by atoms with Crippen LogP contribution in [0.1, 0.15) is 16.7 Å². The summed E-state index contributed by atoms with van der Waals surface area (Å²) in [5.74, 6) is 0.551. The number of hydrogen-bond acceptors (Lipinski definition) is 8. The van der Waals surface area contributed by atoms with E-state index in [1.165, 1.54) is 16.7 Å². The number of amides is 3. The Hall–Kier alpha value is -4.95. The van der Waals surface area contributed by atoms with E-state index >= 15 is 0 Å². The zero-order valence-corrected chi connectivity index (χ0v) is 22.6. The third-order valence-electron chi connectivity index (χ3n) is 7.11. The Morgan fingerprint density at radius 2 is 1.88 bits per heavy atom. The van der Waals surface area contributed by atoms with Gasteiger partial charge in [0.2, 0.25) is 11.9 Å². The van der Waals surface area contributed by atoms with Gasteiger partial charge < -0.3 is 25.3 Å². The van der Waals surface area contributed by atoms with Gasteiger partial charge in [0, 0.05) is 68.6 Å². The molecule has 3 aromatic rings. The zero-order chi connectivity index (χ0) is 28.2. The highest BCUT2D eigenvalue weighted by Crippen LogP contribution is 2.30. The molecule has 2 N–H and O–H groups in total. The van der Waals surface area contributed by atoms with Crippen LogP contribution in [0.2, 0.25) is 0 Å².